The van der Waals surface area contributed by atoms with Crippen molar-refractivity contribution in [1.82, 2.24) is 0 Å². The number of hydrogen-bond donors (Lipinski definition) is 1. The van der Waals surface area contributed by atoms with Crippen LogP contribution < -0.4 is 10.5 Å². The highest BCUT2D eigenvalue weighted by Gasteiger charge is 2.02. The molecular weight excluding hydrogens is 169 g/mol. The van der Waals surface area contributed by atoms with Crippen LogP contribution in [0.15, 0.2) is 18.2 Å². The maximum absolute atomic E-state index is 12.9. The molecule has 0 bridgehead atoms. The van der Waals surface area contributed by atoms with Crippen molar-refractivity contribution < 1.29 is 9.13 Å². The van der Waals surface area contributed by atoms with Crippen LogP contribution in [0.3, 0.4) is 0 Å². The first-order valence-electron chi connectivity index (χ1n) is 4.21. The summed E-state index contributed by atoms with van der Waals surface area (Å²) >= 11 is 0. The smallest absolute Gasteiger partial charge is 0.127 e. The van der Waals surface area contributed by atoms with Crippen molar-refractivity contribution in [2.24, 2.45) is 5.73 Å². The van der Waals surface area contributed by atoms with Gasteiger partial charge in [-0.05, 0) is 31.0 Å². The fraction of sp³-hybridized carbons (Fsp3) is 0.400. The summed E-state index contributed by atoms with van der Waals surface area (Å²) in [5.41, 5.74) is 6.47. The van der Waals surface area contributed by atoms with E-state index in [0.717, 1.165) is 5.56 Å². The van der Waals surface area contributed by atoms with E-state index >= 15 is 0 Å². The molecule has 0 saturated carbocycles. The topological polar surface area (TPSA) is 35.2 Å². The van der Waals surface area contributed by atoms with Gasteiger partial charge in [0.15, 0.2) is 0 Å². The Morgan fingerprint density at radius 2 is 2.15 bits per heavy atom. The van der Waals surface area contributed by atoms with Gasteiger partial charge in [0, 0.05) is 12.1 Å². The molecule has 1 aromatic carbocycles. The lowest BCUT2D eigenvalue weighted by atomic mass is 10.1. The van der Waals surface area contributed by atoms with Gasteiger partial charge < -0.3 is 10.5 Å². The Bertz CT molecular complexity index is 286. The number of nitrogens with two attached hydrogens (primary N) is 1. The van der Waals surface area contributed by atoms with Gasteiger partial charge in [0.05, 0.1) is 7.11 Å². The highest BCUT2D eigenvalue weighted by atomic mass is 19.1. The Balaban J connectivity index is 2.88. The summed E-state index contributed by atoms with van der Waals surface area (Å²) in [6.07, 6.45) is 0.661. The predicted molar refractivity (Wildman–Crippen MR) is 50.3 cm³/mol. The molecule has 0 aliphatic rings. The monoisotopic (exact) mass is 183 g/mol. The van der Waals surface area contributed by atoms with Crippen molar-refractivity contribution in [3.63, 3.8) is 0 Å². The van der Waals surface area contributed by atoms with E-state index in [2.05, 4.69) is 0 Å². The number of methoxy groups -OCH3 is 1. The molecule has 2 nitrogen and oxygen atoms in total. The van der Waals surface area contributed by atoms with Gasteiger partial charge in [0.2, 0.25) is 0 Å². The largest absolute Gasteiger partial charge is 0.497 e. The van der Waals surface area contributed by atoms with Crippen LogP contribution in [-0.4, -0.2) is 13.2 Å². The van der Waals surface area contributed by atoms with Crippen LogP contribution in [0.2, 0.25) is 0 Å². The Kier molecular flexibility index (Phi) is 3.25. The van der Waals surface area contributed by atoms with Crippen molar-refractivity contribution in [2.75, 3.05) is 7.11 Å². The number of hydrogen-bond acceptors (Lipinski definition) is 2. The molecule has 0 aliphatic carbocycles. The predicted octanol–water partition coefficient (Wildman–Crippen LogP) is 1.72. The summed E-state index contributed by atoms with van der Waals surface area (Å²) in [5.74, 6) is 0.255. The quantitative estimate of drug-likeness (QED) is 0.774. The molecule has 0 aromatic heterocycles. The van der Waals surface area contributed by atoms with Crippen molar-refractivity contribution >= 4 is 0 Å². The molecule has 3 heteroatoms. The minimum atomic E-state index is -0.282. The molecule has 1 rings (SSSR count). The maximum Gasteiger partial charge on any atom is 0.127 e. The lowest BCUT2D eigenvalue weighted by Gasteiger charge is -2.07. The highest BCUT2D eigenvalue weighted by Crippen LogP contribution is 2.16. The van der Waals surface area contributed by atoms with Crippen LogP contribution in [0, 0.1) is 5.82 Å². The molecule has 0 heterocycles. The van der Waals surface area contributed by atoms with E-state index in [1.807, 2.05) is 6.92 Å². The Morgan fingerprint density at radius 1 is 1.46 bits per heavy atom. The molecule has 72 valence electrons. The third kappa shape index (κ3) is 3.03. The van der Waals surface area contributed by atoms with E-state index in [1.54, 1.807) is 6.07 Å². The lowest BCUT2D eigenvalue weighted by molar-refractivity contribution is 0.410. The molecule has 1 unspecified atom stereocenters. The van der Waals surface area contributed by atoms with E-state index in [-0.39, 0.29) is 11.9 Å². The van der Waals surface area contributed by atoms with Gasteiger partial charge in [-0.3, -0.25) is 0 Å². The first-order valence-corrected chi connectivity index (χ1v) is 4.21. The second-order valence-electron chi connectivity index (χ2n) is 3.18. The third-order valence-corrected chi connectivity index (χ3v) is 1.72. The second-order valence-corrected chi connectivity index (χ2v) is 3.18. The van der Waals surface area contributed by atoms with Gasteiger partial charge in [0.25, 0.3) is 0 Å². The Hall–Kier alpha value is -1.09. The lowest BCUT2D eigenvalue weighted by Crippen LogP contribution is -2.17. The fourth-order valence-electron chi connectivity index (χ4n) is 1.23. The minimum absolute atomic E-state index is 0.0338. The molecule has 0 amide bonds. The van der Waals surface area contributed by atoms with Gasteiger partial charge >= 0.3 is 0 Å². The molecule has 0 spiro atoms. The first-order chi connectivity index (χ1) is 6.11. The molecule has 1 aromatic rings. The number of benzene rings is 1. The molecule has 1 atom stereocenters. The number of halogens is 1. The van der Waals surface area contributed by atoms with Gasteiger partial charge in [-0.2, -0.15) is 0 Å². The van der Waals surface area contributed by atoms with Crippen molar-refractivity contribution in [3.05, 3.63) is 29.6 Å². The minimum Gasteiger partial charge on any atom is -0.497 e. The molecule has 0 saturated heterocycles. The zero-order chi connectivity index (χ0) is 9.84. The van der Waals surface area contributed by atoms with Crippen molar-refractivity contribution in [3.8, 4) is 5.75 Å². The summed E-state index contributed by atoms with van der Waals surface area (Å²) in [4.78, 5) is 0. The zero-order valence-electron chi connectivity index (χ0n) is 7.88. The van der Waals surface area contributed by atoms with Crippen LogP contribution in [0.5, 0.6) is 5.75 Å². The van der Waals surface area contributed by atoms with Gasteiger partial charge in [-0.1, -0.05) is 0 Å². The van der Waals surface area contributed by atoms with E-state index in [9.17, 15) is 4.39 Å². The molecule has 0 radical (unpaired) electrons. The fourth-order valence-corrected chi connectivity index (χ4v) is 1.23. The van der Waals surface area contributed by atoms with Gasteiger partial charge in [-0.15, -0.1) is 0 Å². The standard InChI is InChI=1S/C10H14FNO/c1-7(12)3-8-4-9(11)6-10(5-8)13-2/h4-7H,3,12H2,1-2H3. The zero-order valence-corrected chi connectivity index (χ0v) is 7.88. The van der Waals surface area contributed by atoms with Gasteiger partial charge in [-0.25, -0.2) is 4.39 Å². The van der Waals surface area contributed by atoms with Crippen LogP contribution in [0.1, 0.15) is 12.5 Å². The maximum atomic E-state index is 12.9. The van der Waals surface area contributed by atoms with E-state index in [1.165, 1.54) is 19.2 Å². The first kappa shape index (κ1) is 9.99. The molecular formula is C10H14FNO. The Labute approximate surface area is 77.5 Å². The van der Waals surface area contributed by atoms with E-state index in [4.69, 9.17) is 10.5 Å². The number of ether oxygens (including phenoxy) is 1. The van der Waals surface area contributed by atoms with E-state index < -0.39 is 0 Å². The molecule has 0 aliphatic heterocycles. The van der Waals surface area contributed by atoms with Gasteiger partial charge in [0.1, 0.15) is 11.6 Å². The Morgan fingerprint density at radius 3 is 2.69 bits per heavy atom. The molecule has 2 N–H and O–H groups in total. The summed E-state index contributed by atoms with van der Waals surface area (Å²) in [5, 5.41) is 0. The average Bonchev–Trinajstić information content (AvgIpc) is 2.01. The van der Waals surface area contributed by atoms with Crippen LogP contribution in [0.25, 0.3) is 0 Å². The van der Waals surface area contributed by atoms with Crippen molar-refractivity contribution in [1.29, 1.82) is 0 Å². The number of rotatable bonds is 3. The van der Waals surface area contributed by atoms with Crippen LogP contribution in [0.4, 0.5) is 4.39 Å². The van der Waals surface area contributed by atoms with Crippen molar-refractivity contribution in [2.45, 2.75) is 19.4 Å². The summed E-state index contributed by atoms with van der Waals surface area (Å²) in [6.45, 7) is 1.89. The highest BCUT2D eigenvalue weighted by molar-refractivity contribution is 5.29. The summed E-state index contributed by atoms with van der Waals surface area (Å²) < 4.78 is 17.9. The molecule has 0 fully saturated rings. The van der Waals surface area contributed by atoms with Crippen LogP contribution in [-0.2, 0) is 6.42 Å². The SMILES string of the molecule is COc1cc(F)cc(CC(C)N)c1. The normalized spacial score (nSPS) is 12.6. The average molecular weight is 183 g/mol. The summed E-state index contributed by atoms with van der Waals surface area (Å²) in [6, 6.07) is 4.66. The molecule has 13 heavy (non-hydrogen) atoms. The second kappa shape index (κ2) is 4.23. The van der Waals surface area contributed by atoms with E-state index in [0.29, 0.717) is 12.2 Å². The third-order valence-electron chi connectivity index (χ3n) is 1.72. The summed E-state index contributed by atoms with van der Waals surface area (Å²) in [7, 11) is 1.52. The van der Waals surface area contributed by atoms with Crippen LogP contribution >= 0.6 is 0 Å².